The molecule has 0 aromatic carbocycles. The van der Waals surface area contributed by atoms with Gasteiger partial charge in [0.1, 0.15) is 12.1 Å². The van der Waals surface area contributed by atoms with Crippen LogP contribution in [0.4, 0.5) is 5.82 Å². The molecule has 1 aromatic heterocycles. The summed E-state index contributed by atoms with van der Waals surface area (Å²) in [6, 6.07) is 0.490. The van der Waals surface area contributed by atoms with Crippen LogP contribution in [0.15, 0.2) is 6.33 Å². The average molecular weight is 247 g/mol. The van der Waals surface area contributed by atoms with Crippen molar-refractivity contribution in [1.29, 1.82) is 0 Å². The molecule has 18 heavy (non-hydrogen) atoms. The van der Waals surface area contributed by atoms with Gasteiger partial charge in [-0.05, 0) is 32.1 Å². The summed E-state index contributed by atoms with van der Waals surface area (Å²) in [5, 5.41) is 8.85. The molecule has 0 saturated heterocycles. The lowest BCUT2D eigenvalue weighted by atomic mass is 10.2. The van der Waals surface area contributed by atoms with E-state index in [2.05, 4.69) is 14.9 Å². The van der Waals surface area contributed by atoms with Crippen molar-refractivity contribution in [2.75, 3.05) is 11.4 Å². The molecule has 0 bridgehead atoms. The summed E-state index contributed by atoms with van der Waals surface area (Å²) in [5.74, 6) is 0.243. The standard InChI is InChI=1S/C13H17N3O2/c17-12(18)6-7-16(9-4-5-9)13-10-2-1-3-11(10)14-8-15-13/h8-9H,1-7H2,(H,17,18). The summed E-state index contributed by atoms with van der Waals surface area (Å²) in [6.45, 7) is 0.559. The molecule has 0 radical (unpaired) electrons. The molecular weight excluding hydrogens is 230 g/mol. The number of aliphatic carboxylic acids is 1. The Morgan fingerprint density at radius 1 is 1.39 bits per heavy atom. The maximum atomic E-state index is 10.8. The van der Waals surface area contributed by atoms with Crippen LogP contribution in [-0.4, -0.2) is 33.6 Å². The van der Waals surface area contributed by atoms with Gasteiger partial charge in [0.05, 0.1) is 6.42 Å². The first-order valence-electron chi connectivity index (χ1n) is 6.57. The smallest absolute Gasteiger partial charge is 0.305 e. The van der Waals surface area contributed by atoms with Crippen LogP contribution in [-0.2, 0) is 17.6 Å². The molecule has 0 unspecified atom stereocenters. The summed E-state index contributed by atoms with van der Waals surface area (Å²) in [7, 11) is 0. The van der Waals surface area contributed by atoms with E-state index in [1.165, 1.54) is 5.56 Å². The highest BCUT2D eigenvalue weighted by Gasteiger charge is 2.32. The van der Waals surface area contributed by atoms with Gasteiger partial charge in [-0.2, -0.15) is 0 Å². The van der Waals surface area contributed by atoms with Gasteiger partial charge in [0, 0.05) is 23.8 Å². The van der Waals surface area contributed by atoms with Crippen molar-refractivity contribution in [3.05, 3.63) is 17.6 Å². The number of hydrogen-bond acceptors (Lipinski definition) is 4. The maximum absolute atomic E-state index is 10.8. The third kappa shape index (κ3) is 2.17. The van der Waals surface area contributed by atoms with E-state index < -0.39 is 5.97 Å². The number of carboxylic acids is 1. The van der Waals surface area contributed by atoms with E-state index in [0.29, 0.717) is 12.6 Å². The number of nitrogens with zero attached hydrogens (tertiary/aromatic N) is 3. The summed E-state index contributed by atoms with van der Waals surface area (Å²) in [5.41, 5.74) is 2.40. The molecule has 1 fully saturated rings. The number of rotatable bonds is 5. The number of fused-ring (bicyclic) bond motifs is 1. The molecule has 0 aliphatic heterocycles. The minimum atomic E-state index is -0.744. The first-order chi connectivity index (χ1) is 8.75. The van der Waals surface area contributed by atoms with Crippen LogP contribution in [0.2, 0.25) is 0 Å². The van der Waals surface area contributed by atoms with Crippen LogP contribution in [0.5, 0.6) is 0 Å². The maximum Gasteiger partial charge on any atom is 0.305 e. The molecule has 0 amide bonds. The van der Waals surface area contributed by atoms with Crippen LogP contribution in [0.3, 0.4) is 0 Å². The van der Waals surface area contributed by atoms with Crippen molar-refractivity contribution in [2.24, 2.45) is 0 Å². The van der Waals surface area contributed by atoms with E-state index in [4.69, 9.17) is 5.11 Å². The molecular formula is C13H17N3O2. The lowest BCUT2D eigenvalue weighted by molar-refractivity contribution is -0.136. The van der Waals surface area contributed by atoms with Crippen molar-refractivity contribution in [3.8, 4) is 0 Å². The second kappa shape index (κ2) is 4.55. The average Bonchev–Trinajstić information content (AvgIpc) is 3.06. The van der Waals surface area contributed by atoms with Gasteiger partial charge in [-0.3, -0.25) is 4.79 Å². The number of aromatic nitrogens is 2. The molecule has 2 aliphatic rings. The third-order valence-corrected chi connectivity index (χ3v) is 3.68. The fraction of sp³-hybridized carbons (Fsp3) is 0.615. The van der Waals surface area contributed by atoms with Gasteiger partial charge in [-0.25, -0.2) is 9.97 Å². The minimum absolute atomic E-state index is 0.176. The van der Waals surface area contributed by atoms with Crippen LogP contribution >= 0.6 is 0 Å². The van der Waals surface area contributed by atoms with E-state index >= 15 is 0 Å². The van der Waals surface area contributed by atoms with E-state index in [-0.39, 0.29) is 6.42 Å². The quantitative estimate of drug-likeness (QED) is 0.852. The highest BCUT2D eigenvalue weighted by molar-refractivity contribution is 5.68. The number of aryl methyl sites for hydroxylation is 1. The van der Waals surface area contributed by atoms with Crippen molar-refractivity contribution >= 4 is 11.8 Å². The Hall–Kier alpha value is -1.65. The van der Waals surface area contributed by atoms with Crippen LogP contribution < -0.4 is 4.90 Å². The molecule has 3 rings (SSSR count). The molecule has 1 N–H and O–H groups in total. The Morgan fingerprint density at radius 2 is 2.22 bits per heavy atom. The van der Waals surface area contributed by atoms with Gasteiger partial charge in [-0.15, -0.1) is 0 Å². The van der Waals surface area contributed by atoms with Gasteiger partial charge >= 0.3 is 5.97 Å². The van der Waals surface area contributed by atoms with E-state index in [1.807, 2.05) is 0 Å². The SMILES string of the molecule is O=C(O)CCN(c1ncnc2c1CCC2)C1CC1. The molecule has 1 saturated carbocycles. The van der Waals surface area contributed by atoms with Crippen LogP contribution in [0.25, 0.3) is 0 Å². The van der Waals surface area contributed by atoms with Crippen molar-refractivity contribution < 1.29 is 9.90 Å². The van der Waals surface area contributed by atoms with Crippen molar-refractivity contribution in [3.63, 3.8) is 0 Å². The molecule has 5 nitrogen and oxygen atoms in total. The third-order valence-electron chi connectivity index (χ3n) is 3.68. The van der Waals surface area contributed by atoms with E-state index in [0.717, 1.165) is 43.6 Å². The first-order valence-corrected chi connectivity index (χ1v) is 6.57. The molecule has 2 aliphatic carbocycles. The van der Waals surface area contributed by atoms with E-state index in [1.54, 1.807) is 6.33 Å². The number of hydrogen-bond donors (Lipinski definition) is 1. The Bertz CT molecular complexity index is 471. The highest BCUT2D eigenvalue weighted by atomic mass is 16.4. The normalized spacial score (nSPS) is 17.6. The monoisotopic (exact) mass is 247 g/mol. The molecule has 1 aromatic rings. The summed E-state index contributed by atoms with van der Waals surface area (Å²) in [4.78, 5) is 21.7. The predicted octanol–water partition coefficient (Wildman–Crippen LogP) is 1.41. The number of carbonyl (C=O) groups is 1. The largest absolute Gasteiger partial charge is 0.481 e. The first kappa shape index (κ1) is 11.4. The van der Waals surface area contributed by atoms with Gasteiger partial charge in [0.25, 0.3) is 0 Å². The fourth-order valence-corrected chi connectivity index (χ4v) is 2.65. The molecule has 1 heterocycles. The lowest BCUT2D eigenvalue weighted by Crippen LogP contribution is -2.30. The zero-order chi connectivity index (χ0) is 12.5. The second-order valence-electron chi connectivity index (χ2n) is 5.04. The summed E-state index contributed by atoms with van der Waals surface area (Å²) in [6.07, 6.45) is 7.30. The minimum Gasteiger partial charge on any atom is -0.481 e. The zero-order valence-electron chi connectivity index (χ0n) is 10.3. The Labute approximate surface area is 106 Å². The Kier molecular flexibility index (Phi) is 2.89. The topological polar surface area (TPSA) is 66.3 Å². The predicted molar refractivity (Wildman–Crippen MR) is 66.7 cm³/mol. The van der Waals surface area contributed by atoms with E-state index in [9.17, 15) is 4.79 Å². The van der Waals surface area contributed by atoms with Gasteiger partial charge in [0.15, 0.2) is 0 Å². The van der Waals surface area contributed by atoms with Gasteiger partial charge in [-0.1, -0.05) is 0 Å². The van der Waals surface area contributed by atoms with Crippen molar-refractivity contribution in [1.82, 2.24) is 9.97 Å². The van der Waals surface area contributed by atoms with Gasteiger partial charge < -0.3 is 10.0 Å². The van der Waals surface area contributed by atoms with Crippen molar-refractivity contribution in [2.45, 2.75) is 44.6 Å². The van der Waals surface area contributed by atoms with Gasteiger partial charge in [0.2, 0.25) is 0 Å². The Balaban J connectivity index is 1.86. The molecule has 0 spiro atoms. The summed E-state index contributed by atoms with van der Waals surface area (Å²) >= 11 is 0. The zero-order valence-corrected chi connectivity index (χ0v) is 10.3. The molecule has 5 heteroatoms. The van der Waals surface area contributed by atoms with Crippen LogP contribution in [0.1, 0.15) is 36.9 Å². The number of carboxylic acid groups (broad SMARTS) is 1. The fourth-order valence-electron chi connectivity index (χ4n) is 2.65. The van der Waals surface area contributed by atoms with Crippen LogP contribution in [0, 0.1) is 0 Å². The molecule has 0 atom stereocenters. The Morgan fingerprint density at radius 3 is 2.94 bits per heavy atom. The molecule has 96 valence electrons. The summed E-state index contributed by atoms with van der Waals surface area (Å²) < 4.78 is 0. The number of anilines is 1. The second-order valence-corrected chi connectivity index (χ2v) is 5.04. The highest BCUT2D eigenvalue weighted by Crippen LogP contribution is 2.35. The lowest BCUT2D eigenvalue weighted by Gasteiger charge is -2.24.